The Kier molecular flexibility index (Phi) is 3.98. The Morgan fingerprint density at radius 3 is 3.00 bits per heavy atom. The molecule has 1 saturated heterocycles. The number of rotatable bonds is 5. The van der Waals surface area contributed by atoms with E-state index in [1.54, 1.807) is 7.11 Å². The first-order valence-electron chi connectivity index (χ1n) is 5.91. The van der Waals surface area contributed by atoms with E-state index in [9.17, 15) is 4.79 Å². The van der Waals surface area contributed by atoms with Crippen molar-refractivity contribution < 1.29 is 9.53 Å². The maximum atomic E-state index is 11.6. The summed E-state index contributed by atoms with van der Waals surface area (Å²) < 4.78 is 5.15. The van der Waals surface area contributed by atoms with Crippen molar-refractivity contribution in [3.63, 3.8) is 0 Å². The zero-order valence-corrected chi connectivity index (χ0v) is 10.0. The molecule has 1 aromatic carbocycles. The number of carbonyl (C=O) groups is 1. The smallest absolute Gasteiger partial charge is 0.225 e. The van der Waals surface area contributed by atoms with E-state index in [1.165, 1.54) is 5.56 Å². The van der Waals surface area contributed by atoms with Gasteiger partial charge in [-0.1, -0.05) is 12.1 Å². The van der Waals surface area contributed by atoms with E-state index in [0.717, 1.165) is 25.3 Å². The van der Waals surface area contributed by atoms with Crippen molar-refractivity contribution in [3.8, 4) is 5.75 Å². The normalized spacial score (nSPS) is 15.1. The van der Waals surface area contributed by atoms with Gasteiger partial charge >= 0.3 is 0 Å². The molecule has 1 amide bonds. The number of benzene rings is 1. The number of methoxy groups -OCH3 is 1. The molecule has 17 heavy (non-hydrogen) atoms. The first kappa shape index (κ1) is 11.9. The minimum Gasteiger partial charge on any atom is -0.497 e. The Morgan fingerprint density at radius 1 is 1.53 bits per heavy atom. The van der Waals surface area contributed by atoms with E-state index in [0.29, 0.717) is 6.54 Å². The van der Waals surface area contributed by atoms with E-state index in [-0.39, 0.29) is 11.8 Å². The highest BCUT2D eigenvalue weighted by Crippen LogP contribution is 2.12. The third-order valence-electron chi connectivity index (χ3n) is 3.00. The van der Waals surface area contributed by atoms with Crippen LogP contribution in [0.15, 0.2) is 24.3 Å². The largest absolute Gasteiger partial charge is 0.497 e. The molecule has 0 aromatic heterocycles. The summed E-state index contributed by atoms with van der Waals surface area (Å²) in [7, 11) is 1.66. The monoisotopic (exact) mass is 234 g/mol. The molecule has 0 saturated carbocycles. The molecule has 4 heteroatoms. The van der Waals surface area contributed by atoms with Crippen LogP contribution < -0.4 is 15.4 Å². The van der Waals surface area contributed by atoms with Gasteiger partial charge in [-0.25, -0.2) is 0 Å². The lowest BCUT2D eigenvalue weighted by Crippen LogP contribution is -2.51. The standard InChI is InChI=1S/C13H18N2O2/c1-17-12-4-2-3-10(7-12)5-6-15-13(16)11-8-14-9-11/h2-4,7,11,14H,5-6,8-9H2,1H3,(H,15,16). The average Bonchev–Trinajstić information content (AvgIpc) is 2.27. The molecular weight excluding hydrogens is 216 g/mol. The summed E-state index contributed by atoms with van der Waals surface area (Å²) in [6.45, 7) is 2.30. The third kappa shape index (κ3) is 3.20. The van der Waals surface area contributed by atoms with E-state index in [1.807, 2.05) is 24.3 Å². The summed E-state index contributed by atoms with van der Waals surface area (Å²) in [5.74, 6) is 1.18. The predicted octanol–water partition coefficient (Wildman–Crippen LogP) is 0.573. The Bertz CT molecular complexity index is 389. The molecule has 2 rings (SSSR count). The van der Waals surface area contributed by atoms with Gasteiger partial charge < -0.3 is 15.4 Å². The van der Waals surface area contributed by atoms with E-state index >= 15 is 0 Å². The van der Waals surface area contributed by atoms with Crippen LogP contribution in [0.5, 0.6) is 5.75 Å². The molecule has 1 aliphatic rings. The fourth-order valence-electron chi connectivity index (χ4n) is 1.78. The first-order valence-corrected chi connectivity index (χ1v) is 5.91. The zero-order chi connectivity index (χ0) is 12.1. The average molecular weight is 234 g/mol. The third-order valence-corrected chi connectivity index (χ3v) is 3.00. The Morgan fingerprint density at radius 2 is 2.35 bits per heavy atom. The van der Waals surface area contributed by atoms with Crippen LogP contribution in [0.2, 0.25) is 0 Å². The molecule has 4 nitrogen and oxygen atoms in total. The molecule has 0 radical (unpaired) electrons. The minimum atomic E-state index is 0.159. The number of nitrogens with one attached hydrogen (secondary N) is 2. The van der Waals surface area contributed by atoms with Crippen LogP contribution in [0.1, 0.15) is 5.56 Å². The molecule has 1 aromatic rings. The highest BCUT2D eigenvalue weighted by atomic mass is 16.5. The second kappa shape index (κ2) is 5.68. The SMILES string of the molecule is COc1cccc(CCNC(=O)C2CNC2)c1. The minimum absolute atomic E-state index is 0.159. The molecule has 0 aliphatic carbocycles. The predicted molar refractivity (Wildman–Crippen MR) is 66.1 cm³/mol. The Balaban J connectivity index is 1.75. The lowest BCUT2D eigenvalue weighted by atomic mass is 10.0. The fraction of sp³-hybridized carbons (Fsp3) is 0.462. The van der Waals surface area contributed by atoms with Crippen molar-refractivity contribution in [1.29, 1.82) is 0 Å². The van der Waals surface area contributed by atoms with Crippen molar-refractivity contribution in [2.75, 3.05) is 26.7 Å². The molecule has 0 spiro atoms. The second-order valence-corrected chi connectivity index (χ2v) is 4.25. The second-order valence-electron chi connectivity index (χ2n) is 4.25. The number of hydrogen-bond acceptors (Lipinski definition) is 3. The summed E-state index contributed by atoms with van der Waals surface area (Å²) >= 11 is 0. The van der Waals surface area contributed by atoms with Crippen LogP contribution >= 0.6 is 0 Å². The molecule has 1 heterocycles. The highest BCUT2D eigenvalue weighted by molar-refractivity contribution is 5.79. The molecule has 2 N–H and O–H groups in total. The van der Waals surface area contributed by atoms with Gasteiger partial charge in [0, 0.05) is 19.6 Å². The van der Waals surface area contributed by atoms with Crippen LogP contribution in [-0.4, -0.2) is 32.7 Å². The van der Waals surface area contributed by atoms with Gasteiger partial charge in [0.2, 0.25) is 5.91 Å². The van der Waals surface area contributed by atoms with Crippen LogP contribution in [0, 0.1) is 5.92 Å². The van der Waals surface area contributed by atoms with Crippen LogP contribution in [0.3, 0.4) is 0 Å². The van der Waals surface area contributed by atoms with Gasteiger partial charge in [0.25, 0.3) is 0 Å². The Hall–Kier alpha value is -1.55. The molecule has 0 unspecified atom stereocenters. The zero-order valence-electron chi connectivity index (χ0n) is 10.0. The van der Waals surface area contributed by atoms with Gasteiger partial charge in [-0.2, -0.15) is 0 Å². The van der Waals surface area contributed by atoms with Crippen molar-refractivity contribution >= 4 is 5.91 Å². The van der Waals surface area contributed by atoms with Gasteiger partial charge in [-0.05, 0) is 24.1 Å². The van der Waals surface area contributed by atoms with Gasteiger partial charge in [-0.3, -0.25) is 4.79 Å². The van der Waals surface area contributed by atoms with Crippen LogP contribution in [-0.2, 0) is 11.2 Å². The number of ether oxygens (including phenoxy) is 1. The first-order chi connectivity index (χ1) is 8.29. The maximum absolute atomic E-state index is 11.6. The maximum Gasteiger partial charge on any atom is 0.225 e. The van der Waals surface area contributed by atoms with Gasteiger partial charge in [0.15, 0.2) is 0 Å². The van der Waals surface area contributed by atoms with Gasteiger partial charge in [-0.15, -0.1) is 0 Å². The van der Waals surface area contributed by atoms with Crippen molar-refractivity contribution in [3.05, 3.63) is 29.8 Å². The van der Waals surface area contributed by atoms with E-state index in [4.69, 9.17) is 4.74 Å². The molecule has 92 valence electrons. The fourth-order valence-corrected chi connectivity index (χ4v) is 1.78. The van der Waals surface area contributed by atoms with Crippen LogP contribution in [0.4, 0.5) is 0 Å². The summed E-state index contributed by atoms with van der Waals surface area (Å²) in [6, 6.07) is 7.92. The van der Waals surface area contributed by atoms with Gasteiger partial charge in [0.05, 0.1) is 13.0 Å². The number of carbonyl (C=O) groups excluding carboxylic acids is 1. The lowest BCUT2D eigenvalue weighted by molar-refractivity contribution is -0.126. The van der Waals surface area contributed by atoms with Gasteiger partial charge in [0.1, 0.15) is 5.75 Å². The van der Waals surface area contributed by atoms with E-state index in [2.05, 4.69) is 10.6 Å². The topological polar surface area (TPSA) is 50.4 Å². The van der Waals surface area contributed by atoms with E-state index < -0.39 is 0 Å². The highest BCUT2D eigenvalue weighted by Gasteiger charge is 2.23. The van der Waals surface area contributed by atoms with Crippen molar-refractivity contribution in [2.45, 2.75) is 6.42 Å². The summed E-state index contributed by atoms with van der Waals surface area (Å²) in [6.07, 6.45) is 0.836. The number of amides is 1. The van der Waals surface area contributed by atoms with Crippen molar-refractivity contribution in [1.82, 2.24) is 10.6 Å². The lowest BCUT2D eigenvalue weighted by Gasteiger charge is -2.25. The quantitative estimate of drug-likeness (QED) is 0.783. The summed E-state index contributed by atoms with van der Waals surface area (Å²) in [4.78, 5) is 11.6. The molecule has 1 aliphatic heterocycles. The number of hydrogen-bond donors (Lipinski definition) is 2. The summed E-state index contributed by atoms with van der Waals surface area (Å²) in [5, 5.41) is 6.04. The molecule has 1 fully saturated rings. The molecule has 0 atom stereocenters. The Labute approximate surface area is 101 Å². The molecular formula is C13H18N2O2. The van der Waals surface area contributed by atoms with Crippen molar-refractivity contribution in [2.24, 2.45) is 5.92 Å². The van der Waals surface area contributed by atoms with Crippen LogP contribution in [0.25, 0.3) is 0 Å². The summed E-state index contributed by atoms with van der Waals surface area (Å²) in [5.41, 5.74) is 1.18. The molecule has 0 bridgehead atoms.